The number of ether oxygens (including phenoxy) is 2. The van der Waals surface area contributed by atoms with E-state index in [1.165, 1.54) is 19.2 Å². The predicted molar refractivity (Wildman–Crippen MR) is 119 cm³/mol. The molecule has 0 saturated heterocycles. The lowest BCUT2D eigenvalue weighted by Crippen LogP contribution is -2.12. The number of methoxy groups -OCH3 is 1. The van der Waals surface area contributed by atoms with E-state index >= 15 is 0 Å². The molecule has 3 aromatic rings. The molecule has 0 saturated carbocycles. The molecule has 0 unspecified atom stereocenters. The third kappa shape index (κ3) is 4.41. The van der Waals surface area contributed by atoms with E-state index in [0.29, 0.717) is 3.57 Å². The zero-order chi connectivity index (χ0) is 21.1. The lowest BCUT2D eigenvalue weighted by Gasteiger charge is -2.14. The van der Waals surface area contributed by atoms with Crippen molar-refractivity contribution in [3.05, 3.63) is 73.2 Å². The molecule has 1 aromatic heterocycles. The minimum atomic E-state index is -0.774. The Labute approximate surface area is 190 Å². The summed E-state index contributed by atoms with van der Waals surface area (Å²) in [5, 5.41) is 0.0470. The first-order chi connectivity index (χ1) is 13.8. The number of hydrogen-bond acceptors (Lipinski definition) is 5. The maximum atomic E-state index is 14.9. The highest BCUT2D eigenvalue weighted by Gasteiger charge is 2.25. The van der Waals surface area contributed by atoms with Gasteiger partial charge in [-0.2, -0.15) is 0 Å². The zero-order valence-electron chi connectivity index (χ0n) is 15.0. The lowest BCUT2D eigenvalue weighted by atomic mass is 10.1. The molecule has 0 radical (unpaired) electrons. The Balaban J connectivity index is 2.03. The predicted octanol–water partition coefficient (Wildman–Crippen LogP) is 5.75. The molecule has 150 valence electrons. The molecule has 0 aliphatic carbocycles. The van der Waals surface area contributed by atoms with Gasteiger partial charge in [0.25, 0.3) is 0 Å². The third-order valence-corrected chi connectivity index (χ3v) is 5.80. The Morgan fingerprint density at radius 3 is 2.55 bits per heavy atom. The molecule has 2 aromatic carbocycles. The second-order valence-electron chi connectivity index (χ2n) is 5.85. The Morgan fingerprint density at radius 2 is 1.90 bits per heavy atom. The van der Waals surface area contributed by atoms with Crippen LogP contribution in [0.1, 0.15) is 16.1 Å². The number of benzene rings is 2. The molecule has 0 bridgehead atoms. The van der Waals surface area contributed by atoms with Crippen LogP contribution in [-0.2, 0) is 11.3 Å². The van der Waals surface area contributed by atoms with Crippen LogP contribution >= 0.6 is 45.8 Å². The summed E-state index contributed by atoms with van der Waals surface area (Å²) in [7, 11) is 1.30. The maximum Gasteiger partial charge on any atom is 0.358 e. The number of carbonyl (C=O) groups excluding carboxylic acids is 1. The summed E-state index contributed by atoms with van der Waals surface area (Å²) in [6.45, 7) is 0.0298. The summed E-state index contributed by atoms with van der Waals surface area (Å²) in [5.74, 6) is -1.64. The third-order valence-electron chi connectivity index (χ3n) is 4.03. The van der Waals surface area contributed by atoms with Gasteiger partial charge in [0.2, 0.25) is 0 Å². The number of carbonyl (C=O) groups is 1. The normalized spacial score (nSPS) is 10.7. The molecule has 5 nitrogen and oxygen atoms in total. The minimum absolute atomic E-state index is 0.0298. The van der Waals surface area contributed by atoms with Gasteiger partial charge in [-0.15, -0.1) is 0 Å². The summed E-state index contributed by atoms with van der Waals surface area (Å²) in [6, 6.07) is 12.0. The van der Waals surface area contributed by atoms with Crippen molar-refractivity contribution in [3.8, 4) is 17.0 Å². The second-order valence-corrected chi connectivity index (χ2v) is 7.72. The van der Waals surface area contributed by atoms with Crippen LogP contribution in [0.4, 0.5) is 10.1 Å². The van der Waals surface area contributed by atoms with Gasteiger partial charge in [-0.1, -0.05) is 53.5 Å². The minimum Gasteiger partial charge on any atom is -0.492 e. The van der Waals surface area contributed by atoms with Gasteiger partial charge < -0.3 is 15.2 Å². The summed E-state index contributed by atoms with van der Waals surface area (Å²) >= 11 is 14.1. The fourth-order valence-corrected chi connectivity index (χ4v) is 3.85. The molecule has 3 rings (SSSR count). The van der Waals surface area contributed by atoms with E-state index in [0.717, 1.165) is 5.56 Å². The van der Waals surface area contributed by atoms with Crippen molar-refractivity contribution in [2.75, 3.05) is 12.8 Å². The highest BCUT2D eigenvalue weighted by atomic mass is 127. The molecule has 0 atom stereocenters. The van der Waals surface area contributed by atoms with E-state index in [2.05, 4.69) is 4.98 Å². The quantitative estimate of drug-likeness (QED) is 0.326. The number of aromatic nitrogens is 1. The first-order valence-corrected chi connectivity index (χ1v) is 10.1. The number of esters is 1. The molecule has 9 heteroatoms. The monoisotopic (exact) mass is 546 g/mol. The van der Waals surface area contributed by atoms with Crippen molar-refractivity contribution in [2.24, 2.45) is 0 Å². The number of anilines is 1. The summed E-state index contributed by atoms with van der Waals surface area (Å²) in [5.41, 5.74) is 6.93. The summed E-state index contributed by atoms with van der Waals surface area (Å²) in [6.07, 6.45) is 0. The number of halogens is 4. The fraction of sp³-hybridized carbons (Fsp3) is 0.100. The van der Waals surface area contributed by atoms with Gasteiger partial charge in [0.1, 0.15) is 6.61 Å². The van der Waals surface area contributed by atoms with E-state index in [1.807, 2.05) is 52.9 Å². The maximum absolute atomic E-state index is 14.9. The number of hydrogen-bond donors (Lipinski definition) is 1. The number of nitrogen functional groups attached to an aromatic ring is 1. The number of pyridine rings is 1. The van der Waals surface area contributed by atoms with Gasteiger partial charge in [0, 0.05) is 5.56 Å². The van der Waals surface area contributed by atoms with Crippen LogP contribution < -0.4 is 10.5 Å². The Hall–Kier alpha value is -2.10. The SMILES string of the molecule is COc1c(Cl)ccc(-c2nc(C(=O)OCc3ccccc3)c(Cl)c(N)c2I)c1F. The smallest absolute Gasteiger partial charge is 0.358 e. The summed E-state index contributed by atoms with van der Waals surface area (Å²) in [4.78, 5) is 16.8. The average molecular weight is 547 g/mol. The van der Waals surface area contributed by atoms with Gasteiger partial charge in [0.05, 0.1) is 32.1 Å². The number of nitrogens with two attached hydrogens (primary N) is 1. The first kappa shape index (κ1) is 21.6. The van der Waals surface area contributed by atoms with Crippen molar-refractivity contribution in [1.29, 1.82) is 0 Å². The Kier molecular flexibility index (Phi) is 6.81. The van der Waals surface area contributed by atoms with E-state index in [-0.39, 0.29) is 45.0 Å². The van der Waals surface area contributed by atoms with Crippen LogP contribution in [0.5, 0.6) is 5.75 Å². The van der Waals surface area contributed by atoms with Gasteiger partial charge in [-0.05, 0) is 40.3 Å². The topological polar surface area (TPSA) is 74.4 Å². The average Bonchev–Trinajstić information content (AvgIpc) is 2.72. The standard InChI is InChI=1S/C20H14Cl2FIN2O3/c1-28-19-12(21)8-7-11(14(19)23)17-15(24)16(25)13(22)18(26-17)20(27)29-9-10-5-3-2-4-6-10/h2-8H,9H2,1H3,(H2,25,26). The van der Waals surface area contributed by atoms with Crippen LogP contribution in [0.25, 0.3) is 11.3 Å². The van der Waals surface area contributed by atoms with Crippen LogP contribution in [0, 0.1) is 9.39 Å². The van der Waals surface area contributed by atoms with Gasteiger partial charge in [-0.25, -0.2) is 14.2 Å². The van der Waals surface area contributed by atoms with Crippen molar-refractivity contribution in [1.82, 2.24) is 4.98 Å². The molecule has 0 fully saturated rings. The fourth-order valence-electron chi connectivity index (χ4n) is 2.57. The van der Waals surface area contributed by atoms with Crippen molar-refractivity contribution in [3.63, 3.8) is 0 Å². The molecular formula is C20H14Cl2FIN2O3. The van der Waals surface area contributed by atoms with E-state index in [1.54, 1.807) is 0 Å². The van der Waals surface area contributed by atoms with Crippen LogP contribution in [0.15, 0.2) is 42.5 Å². The Bertz CT molecular complexity index is 1080. The van der Waals surface area contributed by atoms with Gasteiger partial charge in [0.15, 0.2) is 17.3 Å². The Morgan fingerprint density at radius 1 is 1.21 bits per heavy atom. The van der Waals surface area contributed by atoms with E-state index < -0.39 is 11.8 Å². The molecule has 0 amide bonds. The molecule has 0 aliphatic rings. The number of nitrogens with zero attached hydrogens (tertiary/aromatic N) is 1. The first-order valence-electron chi connectivity index (χ1n) is 8.23. The van der Waals surface area contributed by atoms with Crippen molar-refractivity contribution in [2.45, 2.75) is 6.61 Å². The molecule has 29 heavy (non-hydrogen) atoms. The van der Waals surface area contributed by atoms with Gasteiger partial charge in [-0.3, -0.25) is 0 Å². The van der Waals surface area contributed by atoms with Crippen molar-refractivity contribution < 1.29 is 18.7 Å². The molecular weight excluding hydrogens is 533 g/mol. The number of rotatable bonds is 5. The van der Waals surface area contributed by atoms with E-state index in [9.17, 15) is 9.18 Å². The van der Waals surface area contributed by atoms with Crippen molar-refractivity contribution >= 4 is 57.4 Å². The second kappa shape index (κ2) is 9.15. The molecule has 0 spiro atoms. The zero-order valence-corrected chi connectivity index (χ0v) is 18.7. The highest BCUT2D eigenvalue weighted by molar-refractivity contribution is 14.1. The molecule has 0 aliphatic heterocycles. The van der Waals surface area contributed by atoms with E-state index in [4.69, 9.17) is 38.4 Å². The molecule has 2 N–H and O–H groups in total. The van der Waals surface area contributed by atoms with Crippen LogP contribution in [0.3, 0.4) is 0 Å². The summed E-state index contributed by atoms with van der Waals surface area (Å²) < 4.78 is 25.6. The highest BCUT2D eigenvalue weighted by Crippen LogP contribution is 2.39. The largest absolute Gasteiger partial charge is 0.492 e. The van der Waals surface area contributed by atoms with Crippen LogP contribution in [0.2, 0.25) is 10.0 Å². The lowest BCUT2D eigenvalue weighted by molar-refractivity contribution is 0.0466. The van der Waals surface area contributed by atoms with Crippen LogP contribution in [-0.4, -0.2) is 18.1 Å². The molecule has 1 heterocycles. The van der Waals surface area contributed by atoms with Gasteiger partial charge >= 0.3 is 5.97 Å².